The van der Waals surface area contributed by atoms with E-state index < -0.39 is 10.7 Å². The standard InChI is InChI=1S/C10H10BrFN2O3/c11-7-1-10(14(16)17)9(2-8(7)12)13-3-6(4-13)5-15/h1-2,6,15H,3-5H2. The summed E-state index contributed by atoms with van der Waals surface area (Å²) in [5.74, 6) is -0.417. The van der Waals surface area contributed by atoms with Gasteiger partial charge in [-0.2, -0.15) is 0 Å². The molecule has 5 nitrogen and oxygen atoms in total. The number of anilines is 1. The lowest BCUT2D eigenvalue weighted by Gasteiger charge is -2.39. The second-order valence-corrected chi connectivity index (χ2v) is 4.82. The summed E-state index contributed by atoms with van der Waals surface area (Å²) >= 11 is 2.93. The van der Waals surface area contributed by atoms with E-state index in [4.69, 9.17) is 5.11 Å². The van der Waals surface area contributed by atoms with Gasteiger partial charge in [-0.1, -0.05) is 0 Å². The maximum absolute atomic E-state index is 13.4. The Labute approximate surface area is 105 Å². The van der Waals surface area contributed by atoms with Crippen LogP contribution in [0, 0.1) is 21.8 Å². The normalized spacial score (nSPS) is 15.8. The third-order valence-electron chi connectivity index (χ3n) is 2.77. The van der Waals surface area contributed by atoms with Crippen molar-refractivity contribution < 1.29 is 14.4 Å². The van der Waals surface area contributed by atoms with Crippen LogP contribution in [0.15, 0.2) is 16.6 Å². The molecule has 1 N–H and O–H groups in total. The predicted molar refractivity (Wildman–Crippen MR) is 63.5 cm³/mol. The fourth-order valence-electron chi connectivity index (χ4n) is 1.81. The maximum atomic E-state index is 13.4. The van der Waals surface area contributed by atoms with Crippen LogP contribution in [0.4, 0.5) is 15.8 Å². The molecule has 0 amide bonds. The Morgan fingerprint density at radius 3 is 2.76 bits per heavy atom. The Bertz CT molecular complexity index is 463. The molecule has 92 valence electrons. The van der Waals surface area contributed by atoms with E-state index in [2.05, 4.69) is 15.9 Å². The lowest BCUT2D eigenvalue weighted by atomic mass is 10.00. The number of hydrogen-bond donors (Lipinski definition) is 1. The summed E-state index contributed by atoms with van der Waals surface area (Å²) in [7, 11) is 0. The number of benzene rings is 1. The number of halogens is 2. The summed E-state index contributed by atoms with van der Waals surface area (Å²) in [5.41, 5.74) is 0.134. The molecule has 0 aromatic heterocycles. The predicted octanol–water partition coefficient (Wildman–Crippen LogP) is 1.92. The third-order valence-corrected chi connectivity index (χ3v) is 3.38. The molecule has 1 aromatic carbocycles. The first-order chi connectivity index (χ1) is 8.02. The largest absolute Gasteiger partial charge is 0.396 e. The van der Waals surface area contributed by atoms with Gasteiger partial charge < -0.3 is 10.0 Å². The monoisotopic (exact) mass is 304 g/mol. The van der Waals surface area contributed by atoms with Crippen LogP contribution < -0.4 is 4.90 Å². The summed E-state index contributed by atoms with van der Waals surface area (Å²) in [6.45, 7) is 1.07. The summed E-state index contributed by atoms with van der Waals surface area (Å²) < 4.78 is 13.5. The van der Waals surface area contributed by atoms with Gasteiger partial charge in [0.2, 0.25) is 0 Å². The van der Waals surface area contributed by atoms with Crippen LogP contribution in [0.2, 0.25) is 0 Å². The molecular formula is C10H10BrFN2O3. The van der Waals surface area contributed by atoms with Gasteiger partial charge in [-0.05, 0) is 15.9 Å². The van der Waals surface area contributed by atoms with Crippen molar-refractivity contribution in [2.24, 2.45) is 5.92 Å². The van der Waals surface area contributed by atoms with Crippen LogP contribution in [0.25, 0.3) is 0 Å². The van der Waals surface area contributed by atoms with E-state index in [1.807, 2.05) is 0 Å². The van der Waals surface area contributed by atoms with Crippen molar-refractivity contribution >= 4 is 27.3 Å². The van der Waals surface area contributed by atoms with Crippen LogP contribution in [0.3, 0.4) is 0 Å². The topological polar surface area (TPSA) is 66.6 Å². The molecule has 1 saturated heterocycles. The first-order valence-electron chi connectivity index (χ1n) is 5.02. The molecular weight excluding hydrogens is 295 g/mol. The van der Waals surface area contributed by atoms with Crippen molar-refractivity contribution in [3.05, 3.63) is 32.5 Å². The summed E-state index contributed by atoms with van der Waals surface area (Å²) in [5, 5.41) is 19.8. The fourth-order valence-corrected chi connectivity index (χ4v) is 2.14. The number of aliphatic hydroxyl groups excluding tert-OH is 1. The van der Waals surface area contributed by atoms with E-state index in [0.29, 0.717) is 13.1 Å². The zero-order chi connectivity index (χ0) is 12.6. The molecule has 1 fully saturated rings. The zero-order valence-electron chi connectivity index (χ0n) is 8.77. The lowest BCUT2D eigenvalue weighted by molar-refractivity contribution is -0.384. The van der Waals surface area contributed by atoms with Crippen LogP contribution in [0.5, 0.6) is 0 Å². The average molecular weight is 305 g/mol. The van der Waals surface area contributed by atoms with Gasteiger partial charge in [-0.25, -0.2) is 4.39 Å². The highest BCUT2D eigenvalue weighted by Gasteiger charge is 2.31. The van der Waals surface area contributed by atoms with Gasteiger partial charge >= 0.3 is 0 Å². The van der Waals surface area contributed by atoms with E-state index >= 15 is 0 Å². The number of nitrogens with zero attached hydrogens (tertiary/aromatic N) is 2. The minimum Gasteiger partial charge on any atom is -0.396 e. The lowest BCUT2D eigenvalue weighted by Crippen LogP contribution is -2.48. The Morgan fingerprint density at radius 1 is 1.59 bits per heavy atom. The first-order valence-corrected chi connectivity index (χ1v) is 5.81. The van der Waals surface area contributed by atoms with Crippen molar-refractivity contribution in [1.82, 2.24) is 0 Å². The molecule has 0 atom stereocenters. The quantitative estimate of drug-likeness (QED) is 0.684. The first kappa shape index (κ1) is 12.3. The molecule has 0 saturated carbocycles. The van der Waals surface area contributed by atoms with Crippen LogP contribution in [0.1, 0.15) is 0 Å². The van der Waals surface area contributed by atoms with Crippen molar-refractivity contribution in [2.45, 2.75) is 0 Å². The van der Waals surface area contributed by atoms with Gasteiger partial charge in [0, 0.05) is 37.7 Å². The molecule has 17 heavy (non-hydrogen) atoms. The smallest absolute Gasteiger partial charge is 0.293 e. The van der Waals surface area contributed by atoms with Gasteiger partial charge in [0.05, 0.1) is 9.40 Å². The number of hydrogen-bond acceptors (Lipinski definition) is 4. The average Bonchev–Trinajstić information content (AvgIpc) is 2.21. The van der Waals surface area contributed by atoms with Gasteiger partial charge in [-0.3, -0.25) is 10.1 Å². The molecule has 1 heterocycles. The van der Waals surface area contributed by atoms with Crippen molar-refractivity contribution in [1.29, 1.82) is 0 Å². The van der Waals surface area contributed by atoms with E-state index in [1.165, 1.54) is 0 Å². The van der Waals surface area contributed by atoms with Crippen molar-refractivity contribution in [3.8, 4) is 0 Å². The highest BCUT2D eigenvalue weighted by atomic mass is 79.9. The van der Waals surface area contributed by atoms with Crippen LogP contribution in [-0.4, -0.2) is 29.7 Å². The molecule has 1 aliphatic rings. The zero-order valence-corrected chi connectivity index (χ0v) is 10.4. The summed E-state index contributed by atoms with van der Waals surface area (Å²) in [6.07, 6.45) is 0. The Balaban J connectivity index is 2.33. The Hall–Kier alpha value is -1.21. The SMILES string of the molecule is O=[N+]([O-])c1cc(Br)c(F)cc1N1CC(CO)C1. The summed E-state index contributed by atoms with van der Waals surface area (Å²) in [4.78, 5) is 12.0. The third kappa shape index (κ3) is 2.25. The Morgan fingerprint density at radius 2 is 2.24 bits per heavy atom. The second kappa shape index (κ2) is 4.58. The second-order valence-electron chi connectivity index (χ2n) is 3.97. The molecule has 7 heteroatoms. The molecule has 1 aromatic rings. The molecule has 0 bridgehead atoms. The minimum atomic E-state index is -0.536. The Kier molecular flexibility index (Phi) is 3.30. The molecule has 0 radical (unpaired) electrons. The molecule has 0 aliphatic carbocycles. The number of rotatable bonds is 3. The maximum Gasteiger partial charge on any atom is 0.293 e. The van der Waals surface area contributed by atoms with E-state index in [0.717, 1.165) is 12.1 Å². The number of nitro groups is 1. The van der Waals surface area contributed by atoms with Gasteiger partial charge in [0.15, 0.2) is 0 Å². The van der Waals surface area contributed by atoms with E-state index in [-0.39, 0.29) is 28.4 Å². The van der Waals surface area contributed by atoms with Crippen LogP contribution >= 0.6 is 15.9 Å². The fraction of sp³-hybridized carbons (Fsp3) is 0.400. The number of aliphatic hydroxyl groups is 1. The minimum absolute atomic E-state index is 0.0449. The van der Waals surface area contributed by atoms with Crippen molar-refractivity contribution in [2.75, 3.05) is 24.6 Å². The highest BCUT2D eigenvalue weighted by molar-refractivity contribution is 9.10. The molecule has 1 aliphatic heterocycles. The van der Waals surface area contributed by atoms with Gasteiger partial charge in [0.25, 0.3) is 5.69 Å². The molecule has 2 rings (SSSR count). The van der Waals surface area contributed by atoms with Gasteiger partial charge in [0.1, 0.15) is 11.5 Å². The molecule has 0 unspecified atom stereocenters. The van der Waals surface area contributed by atoms with Gasteiger partial charge in [-0.15, -0.1) is 0 Å². The van der Waals surface area contributed by atoms with Crippen LogP contribution in [-0.2, 0) is 0 Å². The highest BCUT2D eigenvalue weighted by Crippen LogP contribution is 2.36. The molecule has 0 spiro atoms. The van der Waals surface area contributed by atoms with E-state index in [9.17, 15) is 14.5 Å². The number of nitro benzene ring substituents is 1. The summed E-state index contributed by atoms with van der Waals surface area (Å²) in [6, 6.07) is 2.31. The van der Waals surface area contributed by atoms with E-state index in [1.54, 1.807) is 4.90 Å². The van der Waals surface area contributed by atoms with Crippen molar-refractivity contribution in [3.63, 3.8) is 0 Å².